The van der Waals surface area contributed by atoms with Crippen molar-refractivity contribution in [3.8, 4) is 16.9 Å². The fourth-order valence-corrected chi connectivity index (χ4v) is 5.33. The van der Waals surface area contributed by atoms with Crippen molar-refractivity contribution in [2.75, 3.05) is 37.6 Å². The lowest BCUT2D eigenvalue weighted by Crippen LogP contribution is -2.35. The Kier molecular flexibility index (Phi) is 8.47. The monoisotopic (exact) mass is 470 g/mol. The largest absolute Gasteiger partial charge is 0.497 e. The molecule has 0 unspecified atom stereocenters. The Morgan fingerprint density at radius 2 is 1.55 bits per heavy atom. The van der Waals surface area contributed by atoms with E-state index in [1.807, 2.05) is 0 Å². The van der Waals surface area contributed by atoms with Gasteiger partial charge in [0.25, 0.3) is 10.0 Å². The molecule has 0 N–H and O–H groups in total. The zero-order chi connectivity index (χ0) is 23.8. The Hall–Kier alpha value is -2.90. The predicted molar refractivity (Wildman–Crippen MR) is 132 cm³/mol. The molecule has 0 heterocycles. The standard InChI is InChI=1S/C26H31FN2O3S/c1-4-28(5-2)18-9-19-29(33(30,31)24-10-7-6-8-11-24)26-17-16-23(32-3)20-25(26)21-12-14-22(27)15-13-21/h6-8,10-17,20H,4-5,9,18-19H2,1-3H3. The van der Waals surface area contributed by atoms with E-state index in [-0.39, 0.29) is 10.7 Å². The van der Waals surface area contributed by atoms with Gasteiger partial charge in [-0.15, -0.1) is 0 Å². The third kappa shape index (κ3) is 5.92. The molecule has 176 valence electrons. The van der Waals surface area contributed by atoms with E-state index in [1.165, 1.54) is 16.4 Å². The topological polar surface area (TPSA) is 49.9 Å². The summed E-state index contributed by atoms with van der Waals surface area (Å²) in [6, 6.07) is 19.8. The van der Waals surface area contributed by atoms with Gasteiger partial charge in [0.1, 0.15) is 11.6 Å². The predicted octanol–water partition coefficient (Wildman–Crippen LogP) is 5.43. The Morgan fingerprint density at radius 3 is 2.15 bits per heavy atom. The Morgan fingerprint density at radius 1 is 0.879 bits per heavy atom. The number of sulfonamides is 1. The van der Waals surface area contributed by atoms with Crippen LogP contribution in [0.25, 0.3) is 11.1 Å². The average Bonchev–Trinajstić information content (AvgIpc) is 2.85. The molecule has 3 aromatic rings. The van der Waals surface area contributed by atoms with E-state index in [1.54, 1.807) is 67.8 Å². The van der Waals surface area contributed by atoms with Gasteiger partial charge in [-0.2, -0.15) is 0 Å². The summed E-state index contributed by atoms with van der Waals surface area (Å²) in [6.45, 7) is 7.11. The number of benzene rings is 3. The van der Waals surface area contributed by atoms with E-state index >= 15 is 0 Å². The SMILES string of the molecule is CCN(CC)CCCN(c1ccc(OC)cc1-c1ccc(F)cc1)S(=O)(=O)c1ccccc1. The first-order valence-corrected chi connectivity index (χ1v) is 12.6. The van der Waals surface area contributed by atoms with Crippen LogP contribution in [0.2, 0.25) is 0 Å². The summed E-state index contributed by atoms with van der Waals surface area (Å²) in [5, 5.41) is 0. The highest BCUT2D eigenvalue weighted by atomic mass is 32.2. The van der Waals surface area contributed by atoms with Gasteiger partial charge in [0.2, 0.25) is 0 Å². The number of methoxy groups -OCH3 is 1. The lowest BCUT2D eigenvalue weighted by molar-refractivity contribution is 0.302. The molecule has 5 nitrogen and oxygen atoms in total. The van der Waals surface area contributed by atoms with Gasteiger partial charge in [0, 0.05) is 12.1 Å². The van der Waals surface area contributed by atoms with Gasteiger partial charge in [0.05, 0.1) is 17.7 Å². The van der Waals surface area contributed by atoms with Crippen LogP contribution in [0.5, 0.6) is 5.75 Å². The van der Waals surface area contributed by atoms with E-state index in [9.17, 15) is 12.8 Å². The van der Waals surface area contributed by atoms with Crippen molar-refractivity contribution in [2.24, 2.45) is 0 Å². The average molecular weight is 471 g/mol. The highest BCUT2D eigenvalue weighted by molar-refractivity contribution is 7.92. The number of rotatable bonds is 11. The molecule has 33 heavy (non-hydrogen) atoms. The fraction of sp³-hybridized carbons (Fsp3) is 0.308. The molecule has 0 fully saturated rings. The van der Waals surface area contributed by atoms with E-state index < -0.39 is 10.0 Å². The molecule has 0 aromatic heterocycles. The fourth-order valence-electron chi connectivity index (χ4n) is 3.79. The summed E-state index contributed by atoms with van der Waals surface area (Å²) in [5.74, 6) is 0.245. The van der Waals surface area contributed by atoms with Gasteiger partial charge in [-0.3, -0.25) is 4.31 Å². The van der Waals surface area contributed by atoms with Crippen molar-refractivity contribution in [2.45, 2.75) is 25.2 Å². The van der Waals surface area contributed by atoms with Crippen LogP contribution in [0.15, 0.2) is 77.7 Å². The molecule has 0 bridgehead atoms. The quantitative estimate of drug-likeness (QED) is 0.375. The molecule has 0 aliphatic rings. The first-order valence-electron chi connectivity index (χ1n) is 11.1. The Balaban J connectivity index is 2.10. The molecule has 0 aliphatic heterocycles. The van der Waals surface area contributed by atoms with Crippen LogP contribution in [-0.4, -0.2) is 46.6 Å². The molecule has 0 spiro atoms. The Labute approximate surface area is 196 Å². The number of anilines is 1. The molecular weight excluding hydrogens is 439 g/mol. The number of hydrogen-bond donors (Lipinski definition) is 0. The summed E-state index contributed by atoms with van der Waals surface area (Å²) in [7, 11) is -2.26. The van der Waals surface area contributed by atoms with E-state index in [2.05, 4.69) is 18.7 Å². The number of nitrogens with zero attached hydrogens (tertiary/aromatic N) is 2. The second kappa shape index (κ2) is 11.3. The first-order chi connectivity index (χ1) is 15.9. The van der Waals surface area contributed by atoms with Gasteiger partial charge >= 0.3 is 0 Å². The molecule has 3 rings (SSSR count). The van der Waals surface area contributed by atoms with Crippen molar-refractivity contribution in [3.63, 3.8) is 0 Å². The van der Waals surface area contributed by atoms with Crippen LogP contribution in [-0.2, 0) is 10.0 Å². The first kappa shape index (κ1) is 24.7. The van der Waals surface area contributed by atoms with Gasteiger partial charge in [-0.05, 0) is 74.1 Å². The van der Waals surface area contributed by atoms with Crippen molar-refractivity contribution in [1.29, 1.82) is 0 Å². The van der Waals surface area contributed by atoms with E-state index in [4.69, 9.17) is 4.74 Å². The maximum atomic E-state index is 13.8. The highest BCUT2D eigenvalue weighted by Crippen LogP contribution is 2.37. The molecular formula is C26H31FN2O3S. The normalized spacial score (nSPS) is 11.5. The van der Waals surface area contributed by atoms with Crippen LogP contribution in [0, 0.1) is 5.82 Å². The third-order valence-electron chi connectivity index (χ3n) is 5.69. The molecule has 0 saturated carbocycles. The maximum absolute atomic E-state index is 13.8. The minimum Gasteiger partial charge on any atom is -0.497 e. The van der Waals surface area contributed by atoms with Crippen molar-refractivity contribution >= 4 is 15.7 Å². The number of halogens is 1. The van der Waals surface area contributed by atoms with Gasteiger partial charge in [-0.1, -0.05) is 44.2 Å². The summed E-state index contributed by atoms with van der Waals surface area (Å²) >= 11 is 0. The maximum Gasteiger partial charge on any atom is 0.264 e. The molecule has 0 radical (unpaired) electrons. The lowest BCUT2D eigenvalue weighted by Gasteiger charge is -2.28. The minimum atomic E-state index is -3.82. The molecule has 0 amide bonds. The molecule has 0 aliphatic carbocycles. The summed E-state index contributed by atoms with van der Waals surface area (Å²) in [5.41, 5.74) is 1.91. The zero-order valence-electron chi connectivity index (χ0n) is 19.4. The van der Waals surface area contributed by atoms with Crippen LogP contribution in [0.4, 0.5) is 10.1 Å². The molecule has 0 atom stereocenters. The smallest absolute Gasteiger partial charge is 0.264 e. The van der Waals surface area contributed by atoms with Crippen LogP contribution in [0.3, 0.4) is 0 Å². The van der Waals surface area contributed by atoms with E-state index in [0.717, 1.165) is 19.6 Å². The minimum absolute atomic E-state index is 0.230. The van der Waals surface area contributed by atoms with Gasteiger partial charge in [-0.25, -0.2) is 12.8 Å². The van der Waals surface area contributed by atoms with Crippen LogP contribution < -0.4 is 9.04 Å². The lowest BCUT2D eigenvalue weighted by atomic mass is 10.0. The zero-order valence-corrected chi connectivity index (χ0v) is 20.2. The molecule has 0 saturated heterocycles. The Bertz CT molecular complexity index is 1130. The van der Waals surface area contributed by atoms with Crippen LogP contribution >= 0.6 is 0 Å². The summed E-state index contributed by atoms with van der Waals surface area (Å²) in [6.07, 6.45) is 0.669. The highest BCUT2D eigenvalue weighted by Gasteiger charge is 2.27. The number of ether oxygens (including phenoxy) is 1. The van der Waals surface area contributed by atoms with Crippen molar-refractivity contribution in [3.05, 3.63) is 78.6 Å². The second-order valence-corrected chi connectivity index (χ2v) is 9.52. The van der Waals surface area contributed by atoms with Crippen LogP contribution in [0.1, 0.15) is 20.3 Å². The summed E-state index contributed by atoms with van der Waals surface area (Å²) < 4.78 is 48.0. The number of hydrogen-bond acceptors (Lipinski definition) is 4. The second-order valence-electron chi connectivity index (χ2n) is 7.66. The summed E-state index contributed by atoms with van der Waals surface area (Å²) in [4.78, 5) is 2.50. The molecule has 7 heteroatoms. The molecule has 3 aromatic carbocycles. The van der Waals surface area contributed by atoms with Gasteiger partial charge in [0.15, 0.2) is 0 Å². The van der Waals surface area contributed by atoms with Crippen molar-refractivity contribution < 1.29 is 17.5 Å². The van der Waals surface area contributed by atoms with Crippen molar-refractivity contribution in [1.82, 2.24) is 4.90 Å². The third-order valence-corrected chi connectivity index (χ3v) is 7.52. The van der Waals surface area contributed by atoms with E-state index in [0.29, 0.717) is 35.5 Å². The van der Waals surface area contributed by atoms with Gasteiger partial charge < -0.3 is 9.64 Å².